The van der Waals surface area contributed by atoms with Crippen LogP contribution in [0.25, 0.3) is 0 Å². The minimum absolute atomic E-state index is 0.0772. The minimum atomic E-state index is -0.870. The van der Waals surface area contributed by atoms with Crippen LogP contribution in [0, 0.1) is 0 Å². The van der Waals surface area contributed by atoms with Crippen molar-refractivity contribution in [2.75, 3.05) is 6.61 Å². The maximum Gasteiger partial charge on any atom is 0.220 e. The van der Waals surface area contributed by atoms with Crippen molar-refractivity contribution < 1.29 is 15.0 Å². The number of hydrogen-bond donors (Lipinski definition) is 3. The highest BCUT2D eigenvalue weighted by Crippen LogP contribution is 2.16. The van der Waals surface area contributed by atoms with Crippen LogP contribution in [0.4, 0.5) is 0 Å². The maximum absolute atomic E-state index is 12.5. The third kappa shape index (κ3) is 54.3. The lowest BCUT2D eigenvalue weighted by Crippen LogP contribution is -2.45. The summed E-state index contributed by atoms with van der Waals surface area (Å²) < 4.78 is 0. The van der Waals surface area contributed by atoms with E-state index >= 15 is 0 Å². The zero-order valence-electron chi connectivity index (χ0n) is 45.1. The molecule has 2 unspecified atom stereocenters. The summed E-state index contributed by atoms with van der Waals surface area (Å²) in [7, 11) is 0. The van der Waals surface area contributed by atoms with Crippen molar-refractivity contribution in [1.29, 1.82) is 0 Å². The topological polar surface area (TPSA) is 69.6 Å². The average Bonchev–Trinajstić information content (AvgIpc) is 3.34. The zero-order chi connectivity index (χ0) is 49.2. The first kappa shape index (κ1) is 65.3. The molecule has 0 aromatic rings. The number of carbonyl (C=O) groups is 1. The van der Waals surface area contributed by atoms with Crippen molar-refractivity contribution in [2.45, 2.75) is 296 Å². The molecule has 0 spiro atoms. The van der Waals surface area contributed by atoms with E-state index in [1.165, 1.54) is 193 Å². The van der Waals surface area contributed by atoms with Gasteiger partial charge in [0, 0.05) is 6.42 Å². The maximum atomic E-state index is 12.5. The molecule has 0 aliphatic heterocycles. The Morgan fingerprint density at radius 2 is 0.662 bits per heavy atom. The Morgan fingerprint density at radius 3 is 1.03 bits per heavy atom. The number of hydrogen-bond acceptors (Lipinski definition) is 3. The highest BCUT2D eigenvalue weighted by molar-refractivity contribution is 5.76. The Labute approximate surface area is 424 Å². The molecule has 4 heteroatoms. The van der Waals surface area contributed by atoms with Gasteiger partial charge in [-0.25, -0.2) is 0 Å². The molecule has 4 nitrogen and oxygen atoms in total. The summed E-state index contributed by atoms with van der Waals surface area (Å²) >= 11 is 0. The number of amides is 1. The quantitative estimate of drug-likeness (QED) is 0.0420. The van der Waals surface area contributed by atoms with Gasteiger partial charge in [0.25, 0.3) is 0 Å². The predicted molar refractivity (Wildman–Crippen MR) is 303 cm³/mol. The molecular weight excluding hydrogens is 831 g/mol. The lowest BCUT2D eigenvalue weighted by molar-refractivity contribution is -0.123. The Balaban J connectivity index is 3.57. The van der Waals surface area contributed by atoms with E-state index in [-0.39, 0.29) is 12.5 Å². The number of allylic oxidation sites excluding steroid dienone is 15. The standard InChI is InChI=1S/C64H113NO3/c1-3-5-7-9-11-13-15-17-19-21-23-25-27-29-30-31-32-33-34-36-38-40-42-44-46-48-50-52-54-56-58-60-64(68)65-62(61-66)63(67)59-57-55-53-51-49-47-45-43-41-39-37-35-28-26-24-22-20-18-16-14-12-10-8-6-4-2/h5,7,11,13,17,19,23,25,29-30,32-33,49,51,57,59,62-63,66-67H,3-4,6,8-10,12,14-16,18,20-22,24,26-28,31,34-48,50,52-56,58,60-61H2,1-2H3,(H,65,68)/b7-5-,13-11-,19-17-,25-23-,30-29-,33-32-,51-49+,59-57+. The van der Waals surface area contributed by atoms with Crippen molar-refractivity contribution in [3.05, 3.63) is 97.2 Å². The van der Waals surface area contributed by atoms with Crippen LogP contribution in [-0.2, 0) is 4.79 Å². The molecule has 0 aliphatic rings. The van der Waals surface area contributed by atoms with Crippen LogP contribution in [0.1, 0.15) is 284 Å². The van der Waals surface area contributed by atoms with Crippen LogP contribution in [0.15, 0.2) is 97.2 Å². The first-order chi connectivity index (χ1) is 33.7. The van der Waals surface area contributed by atoms with E-state index in [9.17, 15) is 15.0 Å². The summed E-state index contributed by atoms with van der Waals surface area (Å²) in [6.45, 7) is 4.20. The number of unbranched alkanes of at least 4 members (excludes halogenated alkanes) is 32. The molecule has 2 atom stereocenters. The summed E-state index contributed by atoms with van der Waals surface area (Å²) in [6.07, 6.45) is 87.2. The molecule has 0 heterocycles. The van der Waals surface area contributed by atoms with Gasteiger partial charge in [0.1, 0.15) is 0 Å². The molecule has 68 heavy (non-hydrogen) atoms. The second kappa shape index (κ2) is 58.6. The first-order valence-electron chi connectivity index (χ1n) is 29.5. The lowest BCUT2D eigenvalue weighted by atomic mass is 10.0. The highest BCUT2D eigenvalue weighted by atomic mass is 16.3. The summed E-state index contributed by atoms with van der Waals surface area (Å²) in [5.41, 5.74) is 0. The summed E-state index contributed by atoms with van der Waals surface area (Å²) in [5, 5.41) is 23.2. The van der Waals surface area contributed by atoms with Crippen LogP contribution < -0.4 is 5.32 Å². The number of aliphatic hydroxyl groups excluding tert-OH is 2. The molecule has 1 amide bonds. The minimum Gasteiger partial charge on any atom is -0.394 e. The van der Waals surface area contributed by atoms with Gasteiger partial charge in [-0.05, 0) is 83.5 Å². The van der Waals surface area contributed by atoms with Gasteiger partial charge in [-0.2, -0.15) is 0 Å². The van der Waals surface area contributed by atoms with Crippen LogP contribution in [-0.4, -0.2) is 34.9 Å². The highest BCUT2D eigenvalue weighted by Gasteiger charge is 2.18. The molecule has 0 fully saturated rings. The van der Waals surface area contributed by atoms with Crippen molar-refractivity contribution in [3.8, 4) is 0 Å². The van der Waals surface area contributed by atoms with E-state index < -0.39 is 12.1 Å². The van der Waals surface area contributed by atoms with E-state index in [0.29, 0.717) is 6.42 Å². The zero-order valence-corrected chi connectivity index (χ0v) is 45.1. The van der Waals surface area contributed by atoms with Gasteiger partial charge in [0.15, 0.2) is 0 Å². The van der Waals surface area contributed by atoms with E-state index in [1.807, 2.05) is 6.08 Å². The molecule has 0 bridgehead atoms. The second-order valence-electron chi connectivity index (χ2n) is 19.7. The van der Waals surface area contributed by atoms with E-state index in [1.54, 1.807) is 6.08 Å². The monoisotopic (exact) mass is 944 g/mol. The average molecular weight is 945 g/mol. The van der Waals surface area contributed by atoms with E-state index in [4.69, 9.17) is 0 Å². The number of aliphatic hydroxyl groups is 2. The molecule has 0 radical (unpaired) electrons. The molecular formula is C64H113NO3. The normalized spacial score (nSPS) is 13.5. The Bertz CT molecular complexity index is 1250. The van der Waals surface area contributed by atoms with E-state index in [2.05, 4.69) is 104 Å². The molecule has 0 saturated carbocycles. The molecule has 0 aromatic heterocycles. The van der Waals surface area contributed by atoms with Gasteiger partial charge in [-0.1, -0.05) is 291 Å². The fraction of sp³-hybridized carbons (Fsp3) is 0.734. The molecule has 0 saturated heterocycles. The second-order valence-corrected chi connectivity index (χ2v) is 19.7. The lowest BCUT2D eigenvalue weighted by Gasteiger charge is -2.19. The molecule has 0 aromatic carbocycles. The summed E-state index contributed by atoms with van der Waals surface area (Å²) in [6, 6.07) is -0.647. The number of rotatable bonds is 53. The van der Waals surface area contributed by atoms with Crippen LogP contribution in [0.5, 0.6) is 0 Å². The SMILES string of the molecule is CC/C=C\C/C=C\C/C=C\C/C=C\C/C=C\C/C=C\CCCCCCCCCCCCCCC(=O)NC(CO)C(O)/C=C/CC/C=C/CCCCCCCCCCCCCCCCCCCCC. The van der Waals surface area contributed by atoms with Crippen LogP contribution in [0.3, 0.4) is 0 Å². The Hall–Kier alpha value is -2.69. The predicted octanol–water partition coefficient (Wildman–Crippen LogP) is 19.7. The van der Waals surface area contributed by atoms with Crippen molar-refractivity contribution in [2.24, 2.45) is 0 Å². The third-order valence-corrected chi connectivity index (χ3v) is 13.1. The third-order valence-electron chi connectivity index (χ3n) is 13.1. The van der Waals surface area contributed by atoms with Gasteiger partial charge >= 0.3 is 0 Å². The first-order valence-corrected chi connectivity index (χ1v) is 29.5. The fourth-order valence-electron chi connectivity index (χ4n) is 8.61. The van der Waals surface area contributed by atoms with Gasteiger partial charge in [-0.3, -0.25) is 4.79 Å². The smallest absolute Gasteiger partial charge is 0.220 e. The molecule has 0 rings (SSSR count). The summed E-state index contributed by atoms with van der Waals surface area (Å²) in [5.74, 6) is -0.0772. The van der Waals surface area contributed by atoms with Crippen LogP contribution in [0.2, 0.25) is 0 Å². The van der Waals surface area contributed by atoms with E-state index in [0.717, 1.165) is 70.6 Å². The molecule has 3 N–H and O–H groups in total. The Kier molecular flexibility index (Phi) is 56.3. The van der Waals surface area contributed by atoms with Crippen molar-refractivity contribution in [1.82, 2.24) is 5.32 Å². The van der Waals surface area contributed by atoms with Crippen molar-refractivity contribution in [3.63, 3.8) is 0 Å². The van der Waals surface area contributed by atoms with Gasteiger partial charge in [0.05, 0.1) is 18.8 Å². The van der Waals surface area contributed by atoms with Crippen molar-refractivity contribution >= 4 is 5.91 Å². The Morgan fingerprint density at radius 1 is 0.368 bits per heavy atom. The van der Waals surface area contributed by atoms with Gasteiger partial charge in [0.2, 0.25) is 5.91 Å². The largest absolute Gasteiger partial charge is 0.394 e. The summed E-state index contributed by atoms with van der Waals surface area (Å²) in [4.78, 5) is 12.5. The number of carbonyl (C=O) groups excluding carboxylic acids is 1. The van der Waals surface area contributed by atoms with Crippen LogP contribution >= 0.6 is 0 Å². The van der Waals surface area contributed by atoms with Gasteiger partial charge < -0.3 is 15.5 Å². The molecule has 392 valence electrons. The van der Waals surface area contributed by atoms with Gasteiger partial charge in [-0.15, -0.1) is 0 Å². The fourth-order valence-corrected chi connectivity index (χ4v) is 8.61. The number of nitrogens with one attached hydrogen (secondary N) is 1. The molecule has 0 aliphatic carbocycles.